The van der Waals surface area contributed by atoms with Gasteiger partial charge in [0.25, 0.3) is 10.0 Å². The van der Waals surface area contributed by atoms with Crippen LogP contribution in [0.25, 0.3) is 0 Å². The van der Waals surface area contributed by atoms with E-state index in [0.717, 1.165) is 12.3 Å². The summed E-state index contributed by atoms with van der Waals surface area (Å²) in [6, 6.07) is 2.67. The third-order valence-electron chi connectivity index (χ3n) is 1.87. The maximum atomic E-state index is 11.8. The van der Waals surface area contributed by atoms with Crippen LogP contribution in [0.3, 0.4) is 0 Å². The lowest BCUT2D eigenvalue weighted by molar-refractivity contribution is 0.599. The van der Waals surface area contributed by atoms with E-state index in [1.807, 2.05) is 0 Å². The van der Waals surface area contributed by atoms with Gasteiger partial charge in [0.05, 0.1) is 0 Å². The molecule has 0 saturated heterocycles. The SMILES string of the molecule is O=c1cc[nH]cc1S(=O)(=O)Nc1ncccn1. The van der Waals surface area contributed by atoms with Gasteiger partial charge in [0.15, 0.2) is 4.90 Å². The topological polar surface area (TPSA) is 105 Å². The van der Waals surface area contributed by atoms with Gasteiger partial charge in [0.2, 0.25) is 11.4 Å². The van der Waals surface area contributed by atoms with Crippen LogP contribution >= 0.6 is 0 Å². The van der Waals surface area contributed by atoms with Crippen molar-refractivity contribution in [2.75, 3.05) is 4.72 Å². The molecule has 0 spiro atoms. The second-order valence-corrected chi connectivity index (χ2v) is 4.70. The van der Waals surface area contributed by atoms with Crippen LogP contribution in [0.2, 0.25) is 0 Å². The number of nitrogens with zero attached hydrogens (tertiary/aromatic N) is 2. The van der Waals surface area contributed by atoms with E-state index in [-0.39, 0.29) is 10.8 Å². The third kappa shape index (κ3) is 2.48. The first-order valence-corrected chi connectivity index (χ1v) is 6.05. The summed E-state index contributed by atoms with van der Waals surface area (Å²) in [6.45, 7) is 0. The van der Waals surface area contributed by atoms with Crippen LogP contribution in [0.15, 0.2) is 46.6 Å². The van der Waals surface area contributed by atoms with Crippen molar-refractivity contribution in [1.29, 1.82) is 0 Å². The fourth-order valence-electron chi connectivity index (χ4n) is 1.14. The lowest BCUT2D eigenvalue weighted by Crippen LogP contribution is -2.21. The molecular formula is C9H8N4O3S. The Hall–Kier alpha value is -2.22. The molecule has 0 atom stereocenters. The summed E-state index contributed by atoms with van der Waals surface area (Å²) in [7, 11) is -3.96. The minimum Gasteiger partial charge on any atom is -0.366 e. The number of H-pyrrole nitrogens is 1. The van der Waals surface area contributed by atoms with Crippen LogP contribution in [0.5, 0.6) is 0 Å². The summed E-state index contributed by atoms with van der Waals surface area (Å²) in [5.74, 6) is -0.0873. The fraction of sp³-hybridized carbons (Fsp3) is 0. The minimum atomic E-state index is -3.96. The first-order chi connectivity index (χ1) is 8.09. The van der Waals surface area contributed by atoms with Crippen molar-refractivity contribution in [2.45, 2.75) is 4.90 Å². The molecule has 88 valence electrons. The molecule has 0 bridgehead atoms. The van der Waals surface area contributed by atoms with Crippen molar-refractivity contribution in [3.63, 3.8) is 0 Å². The summed E-state index contributed by atoms with van der Waals surface area (Å²) in [5.41, 5.74) is -0.604. The summed E-state index contributed by atoms with van der Waals surface area (Å²) in [4.78, 5) is 20.9. The number of pyridine rings is 1. The van der Waals surface area contributed by atoms with Gasteiger partial charge in [-0.2, -0.15) is 0 Å². The summed E-state index contributed by atoms with van der Waals surface area (Å²) in [6.07, 6.45) is 5.23. The van der Waals surface area contributed by atoms with Crippen molar-refractivity contribution in [2.24, 2.45) is 0 Å². The van der Waals surface area contributed by atoms with Gasteiger partial charge in [0, 0.05) is 30.9 Å². The van der Waals surface area contributed by atoms with E-state index in [1.54, 1.807) is 6.07 Å². The van der Waals surface area contributed by atoms with Crippen LogP contribution in [-0.4, -0.2) is 23.4 Å². The van der Waals surface area contributed by atoms with Gasteiger partial charge >= 0.3 is 0 Å². The monoisotopic (exact) mass is 252 g/mol. The molecule has 0 aliphatic heterocycles. The molecule has 0 aliphatic carbocycles. The molecule has 7 nitrogen and oxygen atoms in total. The smallest absolute Gasteiger partial charge is 0.269 e. The Morgan fingerprint density at radius 3 is 2.59 bits per heavy atom. The van der Waals surface area contributed by atoms with E-state index in [1.165, 1.54) is 18.6 Å². The zero-order valence-electron chi connectivity index (χ0n) is 8.49. The number of hydrogen-bond donors (Lipinski definition) is 2. The van der Waals surface area contributed by atoms with Crippen molar-refractivity contribution in [3.8, 4) is 0 Å². The van der Waals surface area contributed by atoms with Crippen molar-refractivity contribution in [1.82, 2.24) is 15.0 Å². The number of aromatic nitrogens is 3. The highest BCUT2D eigenvalue weighted by atomic mass is 32.2. The maximum Gasteiger partial charge on any atom is 0.269 e. The van der Waals surface area contributed by atoms with Gasteiger partial charge < -0.3 is 4.98 Å². The molecule has 2 rings (SSSR count). The number of nitrogens with one attached hydrogen (secondary N) is 2. The molecule has 8 heteroatoms. The highest BCUT2D eigenvalue weighted by Crippen LogP contribution is 2.06. The molecule has 2 N–H and O–H groups in total. The number of rotatable bonds is 3. The van der Waals surface area contributed by atoms with Crippen LogP contribution in [0.4, 0.5) is 5.95 Å². The van der Waals surface area contributed by atoms with Gasteiger partial charge in [0.1, 0.15) is 0 Å². The summed E-state index contributed by atoms with van der Waals surface area (Å²) >= 11 is 0. The van der Waals surface area contributed by atoms with Gasteiger partial charge in [-0.25, -0.2) is 23.1 Å². The quantitative estimate of drug-likeness (QED) is 0.797. The zero-order valence-corrected chi connectivity index (χ0v) is 9.31. The second-order valence-electron chi connectivity index (χ2n) is 3.05. The van der Waals surface area contributed by atoms with E-state index in [0.29, 0.717) is 0 Å². The Kier molecular flexibility index (Phi) is 2.88. The van der Waals surface area contributed by atoms with Crippen molar-refractivity contribution < 1.29 is 8.42 Å². The number of aromatic amines is 1. The number of anilines is 1. The van der Waals surface area contributed by atoms with Gasteiger partial charge in [-0.3, -0.25) is 4.79 Å². The fourth-order valence-corrected chi connectivity index (χ4v) is 2.15. The Labute approximate surface area is 96.6 Å². The van der Waals surface area contributed by atoms with E-state index >= 15 is 0 Å². The molecule has 0 unspecified atom stereocenters. The first kappa shape index (κ1) is 11.3. The largest absolute Gasteiger partial charge is 0.366 e. The Balaban J connectivity index is 2.39. The first-order valence-electron chi connectivity index (χ1n) is 4.56. The van der Waals surface area contributed by atoms with E-state index < -0.39 is 15.5 Å². The number of hydrogen-bond acceptors (Lipinski definition) is 5. The van der Waals surface area contributed by atoms with Crippen LogP contribution in [0, 0.1) is 0 Å². The average molecular weight is 252 g/mol. The molecule has 2 heterocycles. The molecule has 0 aromatic carbocycles. The van der Waals surface area contributed by atoms with Crippen LogP contribution < -0.4 is 10.2 Å². The van der Waals surface area contributed by atoms with Crippen LogP contribution in [-0.2, 0) is 10.0 Å². The molecular weight excluding hydrogens is 244 g/mol. The highest BCUT2D eigenvalue weighted by molar-refractivity contribution is 7.92. The molecule has 2 aromatic heterocycles. The Morgan fingerprint density at radius 2 is 1.94 bits per heavy atom. The molecule has 17 heavy (non-hydrogen) atoms. The predicted octanol–water partition coefficient (Wildman–Crippen LogP) is -0.0343. The van der Waals surface area contributed by atoms with Crippen molar-refractivity contribution in [3.05, 3.63) is 47.1 Å². The molecule has 0 amide bonds. The molecule has 0 saturated carbocycles. The third-order valence-corrected chi connectivity index (χ3v) is 3.22. The lowest BCUT2D eigenvalue weighted by Gasteiger charge is -2.04. The van der Waals surface area contributed by atoms with Gasteiger partial charge in [-0.1, -0.05) is 0 Å². The van der Waals surface area contributed by atoms with Gasteiger partial charge in [-0.05, 0) is 6.07 Å². The van der Waals surface area contributed by atoms with E-state index in [2.05, 4.69) is 19.7 Å². The number of sulfonamides is 1. The zero-order chi connectivity index (χ0) is 12.3. The standard InChI is InChI=1S/C9H8N4O3S/c14-7-2-5-10-6-8(7)17(15,16)13-9-11-3-1-4-12-9/h1-6H,(H,10,14)(H,11,12,13). The normalized spacial score (nSPS) is 11.1. The average Bonchev–Trinajstić information content (AvgIpc) is 2.30. The van der Waals surface area contributed by atoms with Gasteiger partial charge in [-0.15, -0.1) is 0 Å². The van der Waals surface area contributed by atoms with E-state index in [4.69, 9.17) is 0 Å². The second kappa shape index (κ2) is 4.34. The minimum absolute atomic E-state index is 0.0873. The Bertz CT molecular complexity index is 666. The summed E-state index contributed by atoms with van der Waals surface area (Å²) in [5, 5.41) is 0. The molecule has 2 aromatic rings. The molecule has 0 fully saturated rings. The van der Waals surface area contributed by atoms with E-state index in [9.17, 15) is 13.2 Å². The Morgan fingerprint density at radius 1 is 1.24 bits per heavy atom. The predicted molar refractivity (Wildman–Crippen MR) is 59.9 cm³/mol. The molecule has 0 aliphatic rings. The lowest BCUT2D eigenvalue weighted by atomic mass is 10.5. The van der Waals surface area contributed by atoms with Crippen molar-refractivity contribution >= 4 is 16.0 Å². The van der Waals surface area contributed by atoms with Crippen LogP contribution in [0.1, 0.15) is 0 Å². The maximum absolute atomic E-state index is 11.8. The highest BCUT2D eigenvalue weighted by Gasteiger charge is 2.18. The summed E-state index contributed by atoms with van der Waals surface area (Å²) < 4.78 is 25.7. The molecule has 0 radical (unpaired) electrons.